The zero-order valence-corrected chi connectivity index (χ0v) is 9.93. The lowest BCUT2D eigenvalue weighted by Crippen LogP contribution is -2.29. The van der Waals surface area contributed by atoms with Gasteiger partial charge >= 0.3 is 0 Å². The van der Waals surface area contributed by atoms with Crippen LogP contribution >= 0.6 is 15.9 Å². The third-order valence-electron chi connectivity index (χ3n) is 2.08. The van der Waals surface area contributed by atoms with Gasteiger partial charge in [-0.15, -0.1) is 6.58 Å². The summed E-state index contributed by atoms with van der Waals surface area (Å²) in [4.78, 5) is 0. The van der Waals surface area contributed by atoms with Gasteiger partial charge in [-0.2, -0.15) is 0 Å². The van der Waals surface area contributed by atoms with Crippen LogP contribution in [0.15, 0.2) is 35.3 Å². The van der Waals surface area contributed by atoms with Gasteiger partial charge in [0, 0.05) is 29.2 Å². The minimum absolute atomic E-state index is 0.180. The molecule has 3 N–H and O–H groups in total. The van der Waals surface area contributed by atoms with Gasteiger partial charge in [-0.25, -0.2) is 4.39 Å². The minimum atomic E-state index is -0.245. The molecule has 1 unspecified atom stereocenters. The highest BCUT2D eigenvalue weighted by Gasteiger charge is 2.13. The van der Waals surface area contributed by atoms with E-state index in [1.165, 1.54) is 6.07 Å². The highest BCUT2D eigenvalue weighted by atomic mass is 79.9. The Bertz CT molecular complexity index is 341. The van der Waals surface area contributed by atoms with Crippen LogP contribution in [0.3, 0.4) is 0 Å². The van der Waals surface area contributed by atoms with Crippen molar-refractivity contribution in [3.8, 4) is 0 Å². The van der Waals surface area contributed by atoms with Crippen molar-refractivity contribution in [3.05, 3.63) is 46.7 Å². The van der Waals surface area contributed by atoms with Gasteiger partial charge < -0.3 is 11.1 Å². The van der Waals surface area contributed by atoms with Gasteiger partial charge in [0.25, 0.3) is 0 Å². The molecule has 0 aromatic heterocycles. The first-order valence-corrected chi connectivity index (χ1v) is 5.47. The molecular weight excluding hydrogens is 259 g/mol. The van der Waals surface area contributed by atoms with Crippen molar-refractivity contribution in [1.29, 1.82) is 0 Å². The smallest absolute Gasteiger partial charge is 0.128 e. The molecule has 0 spiro atoms. The molecule has 1 atom stereocenters. The first-order valence-electron chi connectivity index (χ1n) is 4.68. The molecule has 0 aliphatic heterocycles. The number of nitrogens with one attached hydrogen (secondary N) is 1. The summed E-state index contributed by atoms with van der Waals surface area (Å²) in [6, 6.07) is 4.65. The summed E-state index contributed by atoms with van der Waals surface area (Å²) in [5.41, 5.74) is 6.16. The largest absolute Gasteiger partial charge is 0.329 e. The molecule has 0 bridgehead atoms. The van der Waals surface area contributed by atoms with Gasteiger partial charge in [-0.1, -0.05) is 22.0 Å². The molecule has 4 heteroatoms. The van der Waals surface area contributed by atoms with Crippen LogP contribution in [0.2, 0.25) is 0 Å². The van der Waals surface area contributed by atoms with Crippen LogP contribution in [0.4, 0.5) is 4.39 Å². The summed E-state index contributed by atoms with van der Waals surface area (Å²) in [7, 11) is 0. The third kappa shape index (κ3) is 3.41. The maximum Gasteiger partial charge on any atom is 0.128 e. The van der Waals surface area contributed by atoms with E-state index in [-0.39, 0.29) is 11.9 Å². The molecule has 1 rings (SSSR count). The molecule has 0 fully saturated rings. The summed E-state index contributed by atoms with van der Waals surface area (Å²) in [6.45, 7) is 4.55. The maximum absolute atomic E-state index is 13.5. The normalized spacial score (nSPS) is 12.5. The van der Waals surface area contributed by atoms with Crippen LogP contribution in [-0.4, -0.2) is 13.1 Å². The summed E-state index contributed by atoms with van der Waals surface area (Å²) in [6.07, 6.45) is 1.72. The molecule has 0 aliphatic carbocycles. The monoisotopic (exact) mass is 272 g/mol. The number of halogens is 2. The van der Waals surface area contributed by atoms with Gasteiger partial charge in [0.2, 0.25) is 0 Å². The molecule has 82 valence electrons. The van der Waals surface area contributed by atoms with Crippen LogP contribution in [0.25, 0.3) is 0 Å². The molecular formula is C11H14BrFN2. The number of hydrogen-bond acceptors (Lipinski definition) is 2. The van der Waals surface area contributed by atoms with E-state index in [1.807, 2.05) is 0 Å². The van der Waals surface area contributed by atoms with Crippen molar-refractivity contribution >= 4 is 15.9 Å². The Morgan fingerprint density at radius 1 is 1.60 bits per heavy atom. The Hall–Kier alpha value is -0.710. The van der Waals surface area contributed by atoms with E-state index in [1.54, 1.807) is 18.2 Å². The van der Waals surface area contributed by atoms with Crippen molar-refractivity contribution in [3.63, 3.8) is 0 Å². The highest BCUT2D eigenvalue weighted by molar-refractivity contribution is 9.10. The Kier molecular flexibility index (Phi) is 4.94. The second-order valence-electron chi connectivity index (χ2n) is 3.15. The summed E-state index contributed by atoms with van der Waals surface area (Å²) in [5.74, 6) is -0.245. The number of rotatable bonds is 5. The number of hydrogen-bond donors (Lipinski definition) is 2. The summed E-state index contributed by atoms with van der Waals surface area (Å²) < 4.78 is 14.3. The van der Waals surface area contributed by atoms with Gasteiger partial charge in [-0.3, -0.25) is 0 Å². The van der Waals surface area contributed by atoms with Crippen molar-refractivity contribution in [2.75, 3.05) is 13.1 Å². The third-order valence-corrected chi connectivity index (χ3v) is 2.57. The molecule has 0 aliphatic rings. The van der Waals surface area contributed by atoms with Gasteiger partial charge in [0.1, 0.15) is 5.82 Å². The lowest BCUT2D eigenvalue weighted by atomic mass is 10.1. The van der Waals surface area contributed by atoms with Crippen LogP contribution in [0.1, 0.15) is 11.6 Å². The van der Waals surface area contributed by atoms with Crippen LogP contribution in [0, 0.1) is 5.82 Å². The van der Waals surface area contributed by atoms with Crippen LogP contribution in [-0.2, 0) is 0 Å². The lowest BCUT2D eigenvalue weighted by Gasteiger charge is -2.17. The predicted octanol–water partition coefficient (Wildman–Crippen LogP) is 2.36. The zero-order chi connectivity index (χ0) is 11.3. The minimum Gasteiger partial charge on any atom is -0.329 e. The Morgan fingerprint density at radius 2 is 2.33 bits per heavy atom. The molecule has 15 heavy (non-hydrogen) atoms. The topological polar surface area (TPSA) is 38.0 Å². The Morgan fingerprint density at radius 3 is 2.93 bits per heavy atom. The van der Waals surface area contributed by atoms with Crippen LogP contribution < -0.4 is 11.1 Å². The molecule has 1 aromatic carbocycles. The Balaban J connectivity index is 2.89. The highest BCUT2D eigenvalue weighted by Crippen LogP contribution is 2.21. The second-order valence-corrected chi connectivity index (χ2v) is 4.07. The second kappa shape index (κ2) is 6.00. The van der Waals surface area contributed by atoms with Crippen molar-refractivity contribution in [1.82, 2.24) is 5.32 Å². The van der Waals surface area contributed by atoms with Crippen molar-refractivity contribution < 1.29 is 4.39 Å². The summed E-state index contributed by atoms with van der Waals surface area (Å²) >= 11 is 3.31. The first kappa shape index (κ1) is 12.4. The van der Waals surface area contributed by atoms with Crippen molar-refractivity contribution in [2.24, 2.45) is 5.73 Å². The van der Waals surface area contributed by atoms with E-state index in [9.17, 15) is 4.39 Å². The summed E-state index contributed by atoms with van der Waals surface area (Å²) in [5, 5.41) is 3.10. The molecule has 0 saturated heterocycles. The van der Waals surface area contributed by atoms with E-state index in [0.29, 0.717) is 18.7 Å². The lowest BCUT2D eigenvalue weighted by molar-refractivity contribution is 0.527. The zero-order valence-electron chi connectivity index (χ0n) is 8.34. The fourth-order valence-corrected chi connectivity index (χ4v) is 1.71. The van der Waals surface area contributed by atoms with E-state index in [2.05, 4.69) is 27.8 Å². The fraction of sp³-hybridized carbons (Fsp3) is 0.273. The van der Waals surface area contributed by atoms with E-state index >= 15 is 0 Å². The molecule has 1 aromatic rings. The predicted molar refractivity (Wildman–Crippen MR) is 64.1 cm³/mol. The SMILES string of the molecule is C=CCNC(CN)c1cc(Br)ccc1F. The van der Waals surface area contributed by atoms with Crippen molar-refractivity contribution in [2.45, 2.75) is 6.04 Å². The van der Waals surface area contributed by atoms with Gasteiger partial charge in [-0.05, 0) is 18.2 Å². The standard InChI is InChI=1S/C11H14BrFN2/c1-2-5-15-11(7-14)9-6-8(12)3-4-10(9)13/h2-4,6,11,15H,1,5,7,14H2. The Labute approximate surface area is 97.5 Å². The van der Waals surface area contributed by atoms with Gasteiger partial charge in [0.15, 0.2) is 0 Å². The average Bonchev–Trinajstić information content (AvgIpc) is 2.24. The number of benzene rings is 1. The quantitative estimate of drug-likeness (QED) is 0.808. The van der Waals surface area contributed by atoms with E-state index in [4.69, 9.17) is 5.73 Å². The molecule has 0 radical (unpaired) electrons. The van der Waals surface area contributed by atoms with Crippen LogP contribution in [0.5, 0.6) is 0 Å². The first-order chi connectivity index (χ1) is 7.19. The fourth-order valence-electron chi connectivity index (χ4n) is 1.33. The average molecular weight is 273 g/mol. The number of nitrogens with two attached hydrogens (primary N) is 1. The van der Waals surface area contributed by atoms with E-state index in [0.717, 1.165) is 4.47 Å². The molecule has 0 saturated carbocycles. The maximum atomic E-state index is 13.5. The molecule has 2 nitrogen and oxygen atoms in total. The molecule has 0 heterocycles. The van der Waals surface area contributed by atoms with Gasteiger partial charge in [0.05, 0.1) is 0 Å². The van der Waals surface area contributed by atoms with E-state index < -0.39 is 0 Å². The molecule has 0 amide bonds.